The van der Waals surface area contributed by atoms with E-state index in [2.05, 4.69) is 16.9 Å². The highest BCUT2D eigenvalue weighted by molar-refractivity contribution is 7.18. The Morgan fingerprint density at radius 3 is 2.96 bits per heavy atom. The number of esters is 1. The Hall–Kier alpha value is -2.47. The number of hydrogen-bond acceptors (Lipinski definition) is 5. The second-order valence-electron chi connectivity index (χ2n) is 7.72. The number of fused-ring (bicyclic) bond motifs is 3. The zero-order chi connectivity index (χ0) is 19.8. The third-order valence-electron chi connectivity index (χ3n) is 5.47. The molecule has 2 aromatic heterocycles. The maximum atomic E-state index is 12.7. The van der Waals surface area contributed by atoms with E-state index in [9.17, 15) is 9.59 Å². The molecule has 0 aliphatic heterocycles. The van der Waals surface area contributed by atoms with Crippen LogP contribution in [0.15, 0.2) is 29.1 Å². The van der Waals surface area contributed by atoms with E-state index in [1.54, 1.807) is 18.3 Å². The number of nitrogens with one attached hydrogen (secondary N) is 1. The smallest absolute Gasteiger partial charge is 0.310 e. The topological polar surface area (TPSA) is 72.0 Å². The van der Waals surface area contributed by atoms with Crippen LogP contribution in [0.5, 0.6) is 0 Å². The van der Waals surface area contributed by atoms with Crippen molar-refractivity contribution >= 4 is 27.5 Å². The zero-order valence-corrected chi connectivity index (χ0v) is 17.2. The first-order valence-electron chi connectivity index (χ1n) is 9.70. The van der Waals surface area contributed by atoms with Crippen molar-refractivity contribution in [2.75, 3.05) is 0 Å². The fraction of sp³-hybridized carbons (Fsp3) is 0.409. The predicted molar refractivity (Wildman–Crippen MR) is 111 cm³/mol. The number of rotatable bonds is 4. The van der Waals surface area contributed by atoms with Gasteiger partial charge in [-0.15, -0.1) is 11.3 Å². The van der Waals surface area contributed by atoms with Gasteiger partial charge >= 0.3 is 5.97 Å². The molecule has 1 aliphatic carbocycles. The summed E-state index contributed by atoms with van der Waals surface area (Å²) in [5.74, 6) is 0.714. The quantitative estimate of drug-likeness (QED) is 0.669. The monoisotopic (exact) mass is 396 g/mol. The van der Waals surface area contributed by atoms with Crippen LogP contribution in [0.1, 0.15) is 53.8 Å². The van der Waals surface area contributed by atoms with Gasteiger partial charge in [0, 0.05) is 4.88 Å². The summed E-state index contributed by atoms with van der Waals surface area (Å²) in [5, 5.41) is 0.717. The van der Waals surface area contributed by atoms with Crippen molar-refractivity contribution < 1.29 is 9.53 Å². The summed E-state index contributed by atoms with van der Waals surface area (Å²) in [6, 6.07) is 7.74. The fourth-order valence-corrected chi connectivity index (χ4v) is 5.21. The van der Waals surface area contributed by atoms with E-state index in [-0.39, 0.29) is 17.9 Å². The SMILES string of the molecule is Cc1ccccc1CC(=O)O[C@@H](C)c1nc2sc3c(c2c(=O)[nH]1)CC[C@@H](C)C3. The number of thiophene rings is 1. The zero-order valence-electron chi connectivity index (χ0n) is 16.4. The Bertz CT molecular complexity index is 1100. The number of nitrogens with zero attached hydrogens (tertiary/aromatic N) is 1. The molecule has 146 valence electrons. The van der Waals surface area contributed by atoms with Crippen molar-refractivity contribution in [3.63, 3.8) is 0 Å². The second kappa shape index (κ2) is 7.51. The van der Waals surface area contributed by atoms with Crippen LogP contribution in [0.25, 0.3) is 10.2 Å². The van der Waals surface area contributed by atoms with Gasteiger partial charge in [0.25, 0.3) is 5.56 Å². The second-order valence-corrected chi connectivity index (χ2v) is 8.80. The van der Waals surface area contributed by atoms with Crippen molar-refractivity contribution in [3.8, 4) is 0 Å². The van der Waals surface area contributed by atoms with E-state index in [1.165, 1.54) is 4.88 Å². The Balaban J connectivity index is 1.56. The molecule has 5 nitrogen and oxygen atoms in total. The van der Waals surface area contributed by atoms with Gasteiger partial charge in [-0.25, -0.2) is 4.98 Å². The summed E-state index contributed by atoms with van der Waals surface area (Å²) in [6.45, 7) is 5.96. The summed E-state index contributed by atoms with van der Waals surface area (Å²) < 4.78 is 5.55. The largest absolute Gasteiger partial charge is 0.454 e. The van der Waals surface area contributed by atoms with Gasteiger partial charge in [0.1, 0.15) is 4.83 Å². The van der Waals surface area contributed by atoms with Crippen molar-refractivity contribution in [2.45, 2.75) is 52.6 Å². The molecule has 4 rings (SSSR count). The van der Waals surface area contributed by atoms with E-state index in [0.29, 0.717) is 17.1 Å². The van der Waals surface area contributed by atoms with Crippen molar-refractivity contribution in [3.05, 3.63) is 62.0 Å². The third kappa shape index (κ3) is 3.61. The number of aromatic amines is 1. The Morgan fingerprint density at radius 1 is 1.39 bits per heavy atom. The van der Waals surface area contributed by atoms with E-state index >= 15 is 0 Å². The number of ether oxygens (including phenoxy) is 1. The number of aryl methyl sites for hydroxylation is 2. The fourth-order valence-electron chi connectivity index (χ4n) is 3.82. The molecule has 0 saturated heterocycles. The summed E-state index contributed by atoms with van der Waals surface area (Å²) >= 11 is 1.60. The van der Waals surface area contributed by atoms with E-state index < -0.39 is 6.10 Å². The molecule has 28 heavy (non-hydrogen) atoms. The minimum absolute atomic E-state index is 0.131. The highest BCUT2D eigenvalue weighted by Gasteiger charge is 2.24. The van der Waals surface area contributed by atoms with Crippen LogP contribution < -0.4 is 5.56 Å². The minimum atomic E-state index is -0.605. The average Bonchev–Trinajstić information content (AvgIpc) is 3.01. The van der Waals surface area contributed by atoms with Crippen molar-refractivity contribution in [1.29, 1.82) is 0 Å². The van der Waals surface area contributed by atoms with Gasteiger partial charge in [0.2, 0.25) is 0 Å². The van der Waals surface area contributed by atoms with Crippen LogP contribution in [0.2, 0.25) is 0 Å². The molecule has 0 bridgehead atoms. The number of aromatic nitrogens is 2. The number of H-pyrrole nitrogens is 1. The maximum absolute atomic E-state index is 12.7. The van der Waals surface area contributed by atoms with Crippen LogP contribution in [0.3, 0.4) is 0 Å². The number of carbonyl (C=O) groups is 1. The van der Waals surface area contributed by atoms with Crippen molar-refractivity contribution in [1.82, 2.24) is 9.97 Å². The van der Waals surface area contributed by atoms with Gasteiger partial charge in [-0.05, 0) is 55.7 Å². The molecule has 0 spiro atoms. The van der Waals surface area contributed by atoms with Crippen molar-refractivity contribution in [2.24, 2.45) is 5.92 Å². The molecule has 0 radical (unpaired) electrons. The molecule has 0 amide bonds. The first-order chi connectivity index (χ1) is 13.4. The first kappa shape index (κ1) is 18.9. The van der Waals surface area contributed by atoms with Gasteiger partial charge in [-0.2, -0.15) is 0 Å². The molecule has 1 aromatic carbocycles. The van der Waals surface area contributed by atoms with E-state index in [4.69, 9.17) is 4.74 Å². The Kier molecular flexibility index (Phi) is 5.06. The summed E-state index contributed by atoms with van der Waals surface area (Å²) in [5.41, 5.74) is 3.02. The molecule has 0 saturated carbocycles. The molecule has 1 N–H and O–H groups in total. The Morgan fingerprint density at radius 2 is 2.18 bits per heavy atom. The molecule has 6 heteroatoms. The van der Waals surface area contributed by atoms with Crippen LogP contribution in [-0.2, 0) is 28.8 Å². The molecule has 2 heterocycles. The van der Waals surface area contributed by atoms with E-state index in [1.807, 2.05) is 31.2 Å². The van der Waals surface area contributed by atoms with Gasteiger partial charge in [-0.1, -0.05) is 31.2 Å². The molecule has 1 aliphatic rings. The third-order valence-corrected chi connectivity index (χ3v) is 6.62. The minimum Gasteiger partial charge on any atom is -0.454 e. The van der Waals surface area contributed by atoms with Gasteiger partial charge in [-0.3, -0.25) is 9.59 Å². The molecular weight excluding hydrogens is 372 g/mol. The summed E-state index contributed by atoms with van der Waals surface area (Å²) in [7, 11) is 0. The Labute approximate surface area is 167 Å². The normalized spacial score (nSPS) is 17.3. The van der Waals surface area contributed by atoms with Crippen LogP contribution in [0.4, 0.5) is 0 Å². The lowest BCUT2D eigenvalue weighted by molar-refractivity contribution is -0.148. The summed E-state index contributed by atoms with van der Waals surface area (Å²) in [4.78, 5) is 34.6. The molecule has 0 fully saturated rings. The molecular formula is C22H24N2O3S. The summed E-state index contributed by atoms with van der Waals surface area (Å²) in [6.07, 6.45) is 2.64. The lowest BCUT2D eigenvalue weighted by atomic mass is 9.89. The standard InChI is InChI=1S/C22H24N2O3S/c1-12-8-9-16-17(10-12)28-22-19(16)21(26)23-20(24-22)14(3)27-18(25)11-15-7-5-4-6-13(15)2/h4-7,12,14H,8-11H2,1-3H3,(H,23,24,26)/t12-,14+/m1/s1. The van der Waals surface area contributed by atoms with Gasteiger partial charge < -0.3 is 9.72 Å². The predicted octanol–water partition coefficient (Wildman–Crippen LogP) is 4.26. The van der Waals surface area contributed by atoms with Gasteiger partial charge in [0.15, 0.2) is 11.9 Å². The number of benzene rings is 1. The average molecular weight is 397 g/mol. The van der Waals surface area contributed by atoms with Crippen LogP contribution >= 0.6 is 11.3 Å². The maximum Gasteiger partial charge on any atom is 0.310 e. The lowest BCUT2D eigenvalue weighted by Crippen LogP contribution is -2.19. The van der Waals surface area contributed by atoms with E-state index in [0.717, 1.165) is 40.8 Å². The number of carbonyl (C=O) groups excluding carboxylic acids is 1. The molecule has 2 atom stereocenters. The number of hydrogen-bond donors (Lipinski definition) is 1. The lowest BCUT2D eigenvalue weighted by Gasteiger charge is -2.17. The highest BCUT2D eigenvalue weighted by atomic mass is 32.1. The molecule has 3 aromatic rings. The van der Waals surface area contributed by atoms with Gasteiger partial charge in [0.05, 0.1) is 11.8 Å². The van der Waals surface area contributed by atoms with Crippen LogP contribution in [0, 0.1) is 12.8 Å². The highest BCUT2D eigenvalue weighted by Crippen LogP contribution is 2.36. The molecule has 0 unspecified atom stereocenters. The first-order valence-corrected chi connectivity index (χ1v) is 10.5. The van der Waals surface area contributed by atoms with Crippen LogP contribution in [-0.4, -0.2) is 15.9 Å².